The molecule has 19 heavy (non-hydrogen) atoms. The quantitative estimate of drug-likeness (QED) is 0.899. The molecule has 2 N–H and O–H groups in total. The lowest BCUT2D eigenvalue weighted by atomic mass is 9.96. The van der Waals surface area contributed by atoms with Crippen LogP contribution in [0.3, 0.4) is 0 Å². The summed E-state index contributed by atoms with van der Waals surface area (Å²) < 4.78 is 14.1. The molecule has 2 fully saturated rings. The van der Waals surface area contributed by atoms with Gasteiger partial charge in [0.2, 0.25) is 0 Å². The van der Waals surface area contributed by atoms with Gasteiger partial charge in [-0.05, 0) is 49.9 Å². The second-order valence-electron chi connectivity index (χ2n) is 5.74. The van der Waals surface area contributed by atoms with Gasteiger partial charge in [-0.25, -0.2) is 4.39 Å². The van der Waals surface area contributed by atoms with Gasteiger partial charge >= 0.3 is 0 Å². The Morgan fingerprint density at radius 2 is 2.00 bits per heavy atom. The number of nitrogens with two attached hydrogens (primary N) is 1. The molecule has 2 nitrogen and oxygen atoms in total. The average Bonchev–Trinajstić information content (AvgIpc) is 3.17. The fourth-order valence-electron chi connectivity index (χ4n) is 3.18. The SMILES string of the molecule is NC1CCCCN(C2CC2)C1c1ccc(F)cc1Br. The molecule has 1 aromatic carbocycles. The van der Waals surface area contributed by atoms with Crippen molar-refractivity contribution in [3.05, 3.63) is 34.1 Å². The van der Waals surface area contributed by atoms with Gasteiger partial charge in [0.05, 0.1) is 6.04 Å². The van der Waals surface area contributed by atoms with E-state index in [1.807, 2.05) is 6.07 Å². The molecule has 1 saturated carbocycles. The topological polar surface area (TPSA) is 29.3 Å². The van der Waals surface area contributed by atoms with Gasteiger partial charge < -0.3 is 5.73 Å². The smallest absolute Gasteiger partial charge is 0.124 e. The Bertz CT molecular complexity index is 461. The van der Waals surface area contributed by atoms with Crippen LogP contribution in [0.4, 0.5) is 4.39 Å². The van der Waals surface area contributed by atoms with Crippen LogP contribution in [-0.4, -0.2) is 23.5 Å². The minimum Gasteiger partial charge on any atom is -0.326 e. The Labute approximate surface area is 122 Å². The van der Waals surface area contributed by atoms with Crippen molar-refractivity contribution in [3.63, 3.8) is 0 Å². The minimum atomic E-state index is -0.198. The Hall–Kier alpha value is -0.450. The number of rotatable bonds is 2. The molecule has 2 unspecified atom stereocenters. The van der Waals surface area contributed by atoms with Crippen molar-refractivity contribution in [2.24, 2.45) is 5.73 Å². The third-order valence-corrected chi connectivity index (χ3v) is 4.95. The lowest BCUT2D eigenvalue weighted by molar-refractivity contribution is 0.175. The van der Waals surface area contributed by atoms with Gasteiger partial charge in [-0.2, -0.15) is 0 Å². The molecule has 1 aromatic rings. The molecular weight excluding hydrogens is 307 g/mol. The van der Waals surface area contributed by atoms with Crippen molar-refractivity contribution < 1.29 is 4.39 Å². The van der Waals surface area contributed by atoms with E-state index < -0.39 is 0 Å². The Morgan fingerprint density at radius 1 is 1.21 bits per heavy atom. The molecule has 0 bridgehead atoms. The molecule has 0 radical (unpaired) electrons. The third kappa shape index (κ3) is 2.86. The molecule has 4 heteroatoms. The lowest BCUT2D eigenvalue weighted by Crippen LogP contribution is -2.41. The predicted octanol–water partition coefficient (Wildman–Crippen LogP) is 3.60. The molecule has 0 aromatic heterocycles. The van der Waals surface area contributed by atoms with Crippen LogP contribution in [-0.2, 0) is 0 Å². The fourth-order valence-corrected chi connectivity index (χ4v) is 3.77. The molecule has 104 valence electrons. The molecule has 1 aliphatic heterocycles. The summed E-state index contributed by atoms with van der Waals surface area (Å²) in [5.41, 5.74) is 7.56. The van der Waals surface area contributed by atoms with Gasteiger partial charge in [-0.15, -0.1) is 0 Å². The van der Waals surface area contributed by atoms with E-state index in [0.717, 1.165) is 23.0 Å². The third-order valence-electron chi connectivity index (χ3n) is 4.26. The van der Waals surface area contributed by atoms with Crippen molar-refractivity contribution in [1.82, 2.24) is 4.90 Å². The van der Waals surface area contributed by atoms with Crippen LogP contribution in [0.1, 0.15) is 43.7 Å². The number of halogens is 2. The Balaban J connectivity index is 1.96. The van der Waals surface area contributed by atoms with E-state index in [-0.39, 0.29) is 17.9 Å². The summed E-state index contributed by atoms with van der Waals surface area (Å²) in [4.78, 5) is 2.55. The first-order valence-corrected chi connectivity index (χ1v) is 7.92. The summed E-state index contributed by atoms with van der Waals surface area (Å²) in [6, 6.07) is 6.05. The maximum Gasteiger partial charge on any atom is 0.124 e. The molecule has 2 aliphatic rings. The van der Waals surface area contributed by atoms with Crippen LogP contribution < -0.4 is 5.73 Å². The van der Waals surface area contributed by atoms with Gasteiger partial charge in [0.15, 0.2) is 0 Å². The summed E-state index contributed by atoms with van der Waals surface area (Å²) >= 11 is 3.51. The van der Waals surface area contributed by atoms with Crippen LogP contribution in [0.25, 0.3) is 0 Å². The van der Waals surface area contributed by atoms with E-state index in [1.54, 1.807) is 12.1 Å². The van der Waals surface area contributed by atoms with E-state index in [9.17, 15) is 4.39 Å². The summed E-state index contributed by atoms with van der Waals surface area (Å²) in [7, 11) is 0. The number of likely N-dealkylation sites (tertiary alicyclic amines) is 1. The highest BCUT2D eigenvalue weighted by Crippen LogP contribution is 2.40. The molecule has 1 saturated heterocycles. The number of nitrogens with zero attached hydrogens (tertiary/aromatic N) is 1. The summed E-state index contributed by atoms with van der Waals surface area (Å²) in [5.74, 6) is -0.198. The second-order valence-corrected chi connectivity index (χ2v) is 6.59. The van der Waals surface area contributed by atoms with Crippen LogP contribution in [0.5, 0.6) is 0 Å². The fraction of sp³-hybridized carbons (Fsp3) is 0.600. The largest absolute Gasteiger partial charge is 0.326 e. The average molecular weight is 327 g/mol. The molecular formula is C15H20BrFN2. The van der Waals surface area contributed by atoms with Crippen LogP contribution in [0.15, 0.2) is 22.7 Å². The highest BCUT2D eigenvalue weighted by Gasteiger charge is 2.38. The zero-order valence-electron chi connectivity index (χ0n) is 11.0. The monoisotopic (exact) mass is 326 g/mol. The van der Waals surface area contributed by atoms with Crippen molar-refractivity contribution >= 4 is 15.9 Å². The molecule has 0 spiro atoms. The van der Waals surface area contributed by atoms with Crippen molar-refractivity contribution in [2.45, 2.75) is 50.2 Å². The number of hydrogen-bond donors (Lipinski definition) is 1. The first-order chi connectivity index (χ1) is 9.16. The Morgan fingerprint density at radius 3 is 2.68 bits per heavy atom. The van der Waals surface area contributed by atoms with Crippen LogP contribution >= 0.6 is 15.9 Å². The van der Waals surface area contributed by atoms with Crippen LogP contribution in [0, 0.1) is 5.82 Å². The van der Waals surface area contributed by atoms with Gasteiger partial charge in [0.1, 0.15) is 5.82 Å². The van der Waals surface area contributed by atoms with Crippen molar-refractivity contribution in [1.29, 1.82) is 0 Å². The summed E-state index contributed by atoms with van der Waals surface area (Å²) in [6.07, 6.45) is 6.03. The van der Waals surface area contributed by atoms with E-state index in [4.69, 9.17) is 5.73 Å². The molecule has 0 amide bonds. The summed E-state index contributed by atoms with van der Waals surface area (Å²) in [5, 5.41) is 0. The minimum absolute atomic E-state index is 0.143. The second kappa shape index (κ2) is 5.51. The van der Waals surface area contributed by atoms with Gasteiger partial charge in [-0.1, -0.05) is 28.4 Å². The van der Waals surface area contributed by atoms with Crippen molar-refractivity contribution in [2.75, 3.05) is 6.54 Å². The molecule has 3 rings (SSSR count). The highest BCUT2D eigenvalue weighted by molar-refractivity contribution is 9.10. The van der Waals surface area contributed by atoms with E-state index in [2.05, 4.69) is 20.8 Å². The zero-order chi connectivity index (χ0) is 13.4. The van der Waals surface area contributed by atoms with E-state index >= 15 is 0 Å². The van der Waals surface area contributed by atoms with Crippen LogP contribution in [0.2, 0.25) is 0 Å². The summed E-state index contributed by atoms with van der Waals surface area (Å²) in [6.45, 7) is 1.12. The van der Waals surface area contributed by atoms with Gasteiger partial charge in [-0.3, -0.25) is 4.90 Å². The first-order valence-electron chi connectivity index (χ1n) is 7.13. The standard InChI is InChI=1S/C15H20BrFN2/c16-13-9-10(17)4-7-12(13)15-14(18)3-1-2-8-19(15)11-5-6-11/h4,7,9,11,14-15H,1-3,5-6,8,18H2. The number of benzene rings is 1. The molecule has 1 heterocycles. The zero-order valence-corrected chi connectivity index (χ0v) is 12.6. The van der Waals surface area contributed by atoms with Gasteiger partial charge in [0, 0.05) is 16.6 Å². The van der Waals surface area contributed by atoms with E-state index in [1.165, 1.54) is 25.7 Å². The lowest BCUT2D eigenvalue weighted by Gasteiger charge is -2.34. The molecule has 2 atom stereocenters. The Kier molecular flexibility index (Phi) is 3.92. The molecule has 1 aliphatic carbocycles. The van der Waals surface area contributed by atoms with E-state index in [0.29, 0.717) is 6.04 Å². The van der Waals surface area contributed by atoms with Crippen molar-refractivity contribution in [3.8, 4) is 0 Å². The predicted molar refractivity (Wildman–Crippen MR) is 78.4 cm³/mol. The highest BCUT2D eigenvalue weighted by atomic mass is 79.9. The maximum atomic E-state index is 13.3. The maximum absolute atomic E-state index is 13.3. The number of hydrogen-bond acceptors (Lipinski definition) is 2. The first kappa shape index (κ1) is 13.5. The normalized spacial score (nSPS) is 29.2. The van der Waals surface area contributed by atoms with Gasteiger partial charge in [0.25, 0.3) is 0 Å².